The lowest BCUT2D eigenvalue weighted by Gasteiger charge is -2.05. The molecule has 0 spiro atoms. The maximum atomic E-state index is 11.7. The second-order valence-corrected chi connectivity index (χ2v) is 3.93. The van der Waals surface area contributed by atoms with Crippen LogP contribution in [0.25, 0.3) is 0 Å². The maximum Gasteiger partial charge on any atom is 0.315 e. The van der Waals surface area contributed by atoms with E-state index in [-0.39, 0.29) is 17.2 Å². The van der Waals surface area contributed by atoms with E-state index in [0.717, 1.165) is 0 Å². The van der Waals surface area contributed by atoms with Gasteiger partial charge >= 0.3 is 11.8 Å². The molecule has 0 saturated heterocycles. The Morgan fingerprint density at radius 1 is 1.00 bits per heavy atom. The fraction of sp³-hybridized carbons (Fsp3) is 0. The smallest absolute Gasteiger partial charge is 0.315 e. The van der Waals surface area contributed by atoms with Crippen molar-refractivity contribution in [3.63, 3.8) is 0 Å². The number of benzene rings is 1. The van der Waals surface area contributed by atoms with E-state index in [1.807, 2.05) is 0 Å². The summed E-state index contributed by atoms with van der Waals surface area (Å²) in [6.07, 6.45) is 1.48. The second kappa shape index (κ2) is 6.24. The van der Waals surface area contributed by atoms with Crippen LogP contribution in [0, 0.1) is 10.1 Å². The summed E-state index contributed by atoms with van der Waals surface area (Å²) >= 11 is 0. The predicted molar refractivity (Wildman–Crippen MR) is 74.6 cm³/mol. The summed E-state index contributed by atoms with van der Waals surface area (Å²) < 4.78 is 0. The molecule has 0 fully saturated rings. The third-order valence-electron chi connectivity index (χ3n) is 2.45. The van der Waals surface area contributed by atoms with Crippen LogP contribution in [0.1, 0.15) is 0 Å². The summed E-state index contributed by atoms with van der Waals surface area (Å²) in [7, 11) is 0. The molecule has 0 aliphatic rings. The number of hydrogen-bond acceptors (Lipinski definition) is 5. The van der Waals surface area contributed by atoms with Crippen LogP contribution < -0.4 is 10.6 Å². The van der Waals surface area contributed by atoms with Crippen molar-refractivity contribution in [1.29, 1.82) is 0 Å². The molecule has 1 aromatic carbocycles. The monoisotopic (exact) mass is 286 g/mol. The topological polar surface area (TPSA) is 114 Å². The Labute approximate surface area is 119 Å². The molecular weight excluding hydrogens is 276 g/mol. The molecule has 0 radical (unpaired) electrons. The minimum atomic E-state index is -0.894. The highest BCUT2D eigenvalue weighted by Gasteiger charge is 2.15. The summed E-state index contributed by atoms with van der Waals surface area (Å²) in [5.41, 5.74) is 0.174. The first-order valence-corrected chi connectivity index (χ1v) is 5.84. The molecule has 8 nitrogen and oxygen atoms in total. The van der Waals surface area contributed by atoms with Gasteiger partial charge in [0.15, 0.2) is 0 Å². The van der Waals surface area contributed by atoms with Crippen molar-refractivity contribution in [3.8, 4) is 0 Å². The number of nitro groups is 1. The van der Waals surface area contributed by atoms with E-state index in [9.17, 15) is 19.7 Å². The van der Waals surface area contributed by atoms with E-state index >= 15 is 0 Å². The molecular formula is C13H10N4O4. The number of carbonyl (C=O) groups is 2. The number of hydrogen-bond donors (Lipinski definition) is 2. The van der Waals surface area contributed by atoms with Gasteiger partial charge < -0.3 is 10.6 Å². The lowest BCUT2D eigenvalue weighted by molar-refractivity contribution is -0.384. The van der Waals surface area contributed by atoms with Gasteiger partial charge in [-0.25, -0.2) is 4.98 Å². The van der Waals surface area contributed by atoms with Gasteiger partial charge in [-0.3, -0.25) is 19.7 Å². The van der Waals surface area contributed by atoms with E-state index in [4.69, 9.17) is 0 Å². The van der Waals surface area contributed by atoms with E-state index in [1.54, 1.807) is 12.1 Å². The zero-order valence-electron chi connectivity index (χ0n) is 10.6. The Kier molecular flexibility index (Phi) is 4.20. The average Bonchev–Trinajstić information content (AvgIpc) is 2.48. The van der Waals surface area contributed by atoms with Crippen molar-refractivity contribution < 1.29 is 14.5 Å². The van der Waals surface area contributed by atoms with E-state index < -0.39 is 16.7 Å². The van der Waals surface area contributed by atoms with Crippen molar-refractivity contribution in [2.75, 3.05) is 10.6 Å². The first kappa shape index (κ1) is 14.1. The fourth-order valence-electron chi connectivity index (χ4n) is 1.46. The van der Waals surface area contributed by atoms with Crippen molar-refractivity contribution in [3.05, 3.63) is 58.8 Å². The number of nitrogens with one attached hydrogen (secondary N) is 2. The molecule has 1 heterocycles. The van der Waals surface area contributed by atoms with E-state index in [0.29, 0.717) is 0 Å². The van der Waals surface area contributed by atoms with Crippen LogP contribution in [-0.4, -0.2) is 21.7 Å². The lowest BCUT2D eigenvalue weighted by Crippen LogP contribution is -2.29. The molecule has 1 aromatic heterocycles. The van der Waals surface area contributed by atoms with Gasteiger partial charge in [0.1, 0.15) is 5.82 Å². The second-order valence-electron chi connectivity index (χ2n) is 3.93. The zero-order chi connectivity index (χ0) is 15.2. The molecule has 0 aliphatic heterocycles. The highest BCUT2D eigenvalue weighted by Crippen LogP contribution is 2.15. The predicted octanol–water partition coefficient (Wildman–Crippen LogP) is 1.57. The molecule has 0 bridgehead atoms. The number of carbonyl (C=O) groups excluding carboxylic acids is 2. The fourth-order valence-corrected chi connectivity index (χ4v) is 1.46. The first-order valence-electron chi connectivity index (χ1n) is 5.84. The Balaban J connectivity index is 1.97. The molecule has 0 saturated carbocycles. The standard InChI is InChI=1S/C13H10N4O4/c18-12(13(19)16-11-3-1-2-8-14-11)15-9-4-6-10(7-5-9)17(20)21/h1-8H,(H,15,18)(H,14,16,19). The molecule has 21 heavy (non-hydrogen) atoms. The van der Waals surface area contributed by atoms with Crippen molar-refractivity contribution in [1.82, 2.24) is 4.98 Å². The normalized spacial score (nSPS) is 9.71. The van der Waals surface area contributed by atoms with Gasteiger partial charge in [0.2, 0.25) is 0 Å². The summed E-state index contributed by atoms with van der Waals surface area (Å²) in [5.74, 6) is -1.53. The Hall–Kier alpha value is -3.29. The number of amides is 2. The molecule has 2 aromatic rings. The number of non-ortho nitro benzene ring substituents is 1. The summed E-state index contributed by atoms with van der Waals surface area (Å²) in [5, 5.41) is 15.1. The van der Waals surface area contributed by atoms with Gasteiger partial charge in [-0.1, -0.05) is 6.07 Å². The Morgan fingerprint density at radius 3 is 2.24 bits per heavy atom. The molecule has 8 heteroatoms. The van der Waals surface area contributed by atoms with Crippen molar-refractivity contribution in [2.45, 2.75) is 0 Å². The molecule has 106 valence electrons. The van der Waals surface area contributed by atoms with E-state index in [1.165, 1.54) is 36.5 Å². The van der Waals surface area contributed by atoms with Gasteiger partial charge in [0.05, 0.1) is 4.92 Å². The molecule has 2 N–H and O–H groups in total. The van der Waals surface area contributed by atoms with E-state index in [2.05, 4.69) is 15.6 Å². The summed E-state index contributed by atoms with van der Waals surface area (Å²) in [4.78, 5) is 37.1. The number of rotatable bonds is 3. The highest BCUT2D eigenvalue weighted by molar-refractivity contribution is 6.43. The Bertz CT molecular complexity index is 670. The maximum absolute atomic E-state index is 11.7. The number of aromatic nitrogens is 1. The zero-order valence-corrected chi connectivity index (χ0v) is 10.6. The van der Waals surface area contributed by atoms with Gasteiger partial charge in [0.25, 0.3) is 5.69 Å². The quantitative estimate of drug-likeness (QED) is 0.505. The largest absolute Gasteiger partial charge is 0.318 e. The van der Waals surface area contributed by atoms with Gasteiger partial charge in [-0.15, -0.1) is 0 Å². The third kappa shape index (κ3) is 3.83. The lowest BCUT2D eigenvalue weighted by atomic mass is 10.3. The van der Waals surface area contributed by atoms with Crippen LogP contribution in [-0.2, 0) is 9.59 Å². The van der Waals surface area contributed by atoms with Gasteiger partial charge in [-0.05, 0) is 24.3 Å². The molecule has 0 aliphatic carbocycles. The third-order valence-corrected chi connectivity index (χ3v) is 2.45. The average molecular weight is 286 g/mol. The molecule has 2 amide bonds. The minimum absolute atomic E-state index is 0.106. The van der Waals surface area contributed by atoms with Gasteiger partial charge in [-0.2, -0.15) is 0 Å². The minimum Gasteiger partial charge on any atom is -0.318 e. The number of nitrogens with zero attached hydrogens (tertiary/aromatic N) is 2. The molecule has 0 atom stereocenters. The van der Waals surface area contributed by atoms with Crippen LogP contribution in [0.15, 0.2) is 48.7 Å². The highest BCUT2D eigenvalue weighted by atomic mass is 16.6. The first-order chi connectivity index (χ1) is 10.1. The van der Waals surface area contributed by atoms with Crippen LogP contribution in [0.4, 0.5) is 17.2 Å². The molecule has 0 unspecified atom stereocenters. The number of pyridine rings is 1. The van der Waals surface area contributed by atoms with Crippen LogP contribution in [0.3, 0.4) is 0 Å². The van der Waals surface area contributed by atoms with Crippen molar-refractivity contribution in [2.24, 2.45) is 0 Å². The van der Waals surface area contributed by atoms with Crippen LogP contribution in [0.2, 0.25) is 0 Å². The summed E-state index contributed by atoms with van der Waals surface area (Å²) in [6.45, 7) is 0. The van der Waals surface area contributed by atoms with Crippen molar-refractivity contribution >= 4 is 29.0 Å². The Morgan fingerprint density at radius 2 is 1.67 bits per heavy atom. The number of nitro benzene ring substituents is 1. The van der Waals surface area contributed by atoms with Crippen LogP contribution in [0.5, 0.6) is 0 Å². The molecule has 2 rings (SSSR count). The number of anilines is 2. The summed E-state index contributed by atoms with van der Waals surface area (Å²) in [6, 6.07) is 10.0. The SMILES string of the molecule is O=C(Nc1ccc([N+](=O)[O-])cc1)C(=O)Nc1ccccn1. The van der Waals surface area contributed by atoms with Crippen LogP contribution >= 0.6 is 0 Å². The van der Waals surface area contributed by atoms with Gasteiger partial charge in [0, 0.05) is 24.0 Å².